The molecular formula is C16H23N3S. The van der Waals surface area contributed by atoms with E-state index in [9.17, 15) is 0 Å². The minimum absolute atomic E-state index is 0.675. The highest BCUT2D eigenvalue weighted by atomic mass is 32.2. The Hall–Kier alpha value is -1.26. The number of hydrogen-bond acceptors (Lipinski definition) is 3. The van der Waals surface area contributed by atoms with Gasteiger partial charge in [-0.05, 0) is 37.1 Å². The predicted octanol–water partition coefficient (Wildman–Crippen LogP) is 3.63. The number of nitrogens with zero attached hydrogens (tertiary/aromatic N) is 2. The molecule has 4 heteroatoms. The zero-order chi connectivity index (χ0) is 14.5. The zero-order valence-electron chi connectivity index (χ0n) is 12.7. The Morgan fingerprint density at radius 3 is 2.70 bits per heavy atom. The van der Waals surface area contributed by atoms with E-state index in [1.54, 1.807) is 11.8 Å². The topological polar surface area (TPSA) is 29.9 Å². The summed E-state index contributed by atoms with van der Waals surface area (Å²) in [6.45, 7) is 8.44. The van der Waals surface area contributed by atoms with Gasteiger partial charge in [0.15, 0.2) is 0 Å². The van der Waals surface area contributed by atoms with Crippen LogP contribution in [0.5, 0.6) is 0 Å². The highest BCUT2D eigenvalue weighted by molar-refractivity contribution is 7.99. The molecule has 0 radical (unpaired) electrons. The fourth-order valence-corrected chi connectivity index (χ4v) is 3.09. The van der Waals surface area contributed by atoms with Crippen LogP contribution >= 0.6 is 11.8 Å². The van der Waals surface area contributed by atoms with Crippen LogP contribution in [0.1, 0.15) is 25.1 Å². The lowest BCUT2D eigenvalue weighted by molar-refractivity contribution is 0.550. The van der Waals surface area contributed by atoms with Gasteiger partial charge in [-0.1, -0.05) is 43.8 Å². The van der Waals surface area contributed by atoms with E-state index >= 15 is 0 Å². The van der Waals surface area contributed by atoms with Crippen LogP contribution in [0.2, 0.25) is 0 Å². The monoisotopic (exact) mass is 289 g/mol. The summed E-state index contributed by atoms with van der Waals surface area (Å²) in [5.41, 5.74) is 2.41. The number of hydrogen-bond donors (Lipinski definition) is 1. The number of nitrogens with one attached hydrogen (secondary N) is 1. The van der Waals surface area contributed by atoms with E-state index in [-0.39, 0.29) is 0 Å². The standard InChI is InChI=1S/C16H23N3S/c1-12(2)10-17-11-14-7-5-6-8-15(14)20-16-9-13(3)18-19(16)4/h5-9,12,17H,10-11H2,1-4H3. The second-order valence-corrected chi connectivity index (χ2v) is 6.54. The Morgan fingerprint density at radius 2 is 2.05 bits per heavy atom. The first-order chi connectivity index (χ1) is 9.56. The van der Waals surface area contributed by atoms with Gasteiger partial charge in [-0.25, -0.2) is 0 Å². The first-order valence-corrected chi connectivity index (χ1v) is 7.85. The normalized spacial score (nSPS) is 11.2. The molecule has 0 atom stereocenters. The lowest BCUT2D eigenvalue weighted by Crippen LogP contribution is -2.19. The first kappa shape index (κ1) is 15.1. The third-order valence-corrected chi connectivity index (χ3v) is 4.22. The maximum absolute atomic E-state index is 4.40. The zero-order valence-corrected chi connectivity index (χ0v) is 13.5. The molecule has 20 heavy (non-hydrogen) atoms. The molecule has 108 valence electrons. The average Bonchev–Trinajstić information content (AvgIpc) is 2.69. The molecule has 0 aliphatic rings. The van der Waals surface area contributed by atoms with Crippen molar-refractivity contribution in [1.29, 1.82) is 0 Å². The Kier molecular flexibility index (Phi) is 5.26. The summed E-state index contributed by atoms with van der Waals surface area (Å²) in [7, 11) is 1.99. The van der Waals surface area contributed by atoms with Gasteiger partial charge in [-0.2, -0.15) is 5.10 Å². The van der Waals surface area contributed by atoms with Crippen molar-refractivity contribution < 1.29 is 0 Å². The van der Waals surface area contributed by atoms with Crippen molar-refractivity contribution in [1.82, 2.24) is 15.1 Å². The van der Waals surface area contributed by atoms with Gasteiger partial charge in [0.1, 0.15) is 0 Å². The van der Waals surface area contributed by atoms with E-state index in [1.165, 1.54) is 15.5 Å². The summed E-state index contributed by atoms with van der Waals surface area (Å²) in [5, 5.41) is 9.09. The molecule has 0 aliphatic heterocycles. The molecule has 0 fully saturated rings. The predicted molar refractivity (Wildman–Crippen MR) is 85.1 cm³/mol. The molecule has 1 heterocycles. The SMILES string of the molecule is Cc1cc(Sc2ccccc2CNCC(C)C)n(C)n1. The molecule has 3 nitrogen and oxygen atoms in total. The molecule has 0 spiro atoms. The van der Waals surface area contributed by atoms with Crippen molar-refractivity contribution >= 4 is 11.8 Å². The van der Waals surface area contributed by atoms with Crippen molar-refractivity contribution in [3.05, 3.63) is 41.6 Å². The summed E-state index contributed by atoms with van der Waals surface area (Å²) in [5.74, 6) is 0.675. The largest absolute Gasteiger partial charge is 0.312 e. The molecule has 0 saturated carbocycles. The molecule has 0 aliphatic carbocycles. The van der Waals surface area contributed by atoms with E-state index in [0.717, 1.165) is 18.8 Å². The van der Waals surface area contributed by atoms with Crippen molar-refractivity contribution in [3.8, 4) is 0 Å². The molecule has 1 N–H and O–H groups in total. The molecule has 0 saturated heterocycles. The first-order valence-electron chi connectivity index (χ1n) is 7.03. The summed E-state index contributed by atoms with van der Waals surface area (Å²) < 4.78 is 1.94. The Bertz CT molecular complexity index is 561. The van der Waals surface area contributed by atoms with Crippen LogP contribution in [0, 0.1) is 12.8 Å². The van der Waals surface area contributed by atoms with Crippen LogP contribution in [0.4, 0.5) is 0 Å². The van der Waals surface area contributed by atoms with Gasteiger partial charge < -0.3 is 5.32 Å². The molecule has 1 aromatic carbocycles. The van der Waals surface area contributed by atoms with Gasteiger partial charge in [0.05, 0.1) is 10.7 Å². The number of benzene rings is 1. The van der Waals surface area contributed by atoms with Crippen molar-refractivity contribution in [3.63, 3.8) is 0 Å². The summed E-state index contributed by atoms with van der Waals surface area (Å²) in [6, 6.07) is 10.7. The van der Waals surface area contributed by atoms with Gasteiger partial charge in [-0.3, -0.25) is 4.68 Å². The average molecular weight is 289 g/mol. The minimum atomic E-state index is 0.675. The Labute approximate surface area is 125 Å². The summed E-state index contributed by atoms with van der Waals surface area (Å²) in [6.07, 6.45) is 0. The quantitative estimate of drug-likeness (QED) is 0.881. The Morgan fingerprint density at radius 1 is 1.30 bits per heavy atom. The van der Waals surface area contributed by atoms with E-state index in [1.807, 2.05) is 18.7 Å². The third kappa shape index (κ3) is 4.12. The number of aromatic nitrogens is 2. The van der Waals surface area contributed by atoms with Gasteiger partial charge in [0.2, 0.25) is 0 Å². The van der Waals surface area contributed by atoms with Crippen molar-refractivity contribution in [2.45, 2.75) is 37.2 Å². The maximum Gasteiger partial charge on any atom is 0.0987 e. The van der Waals surface area contributed by atoms with E-state index < -0.39 is 0 Å². The molecule has 0 bridgehead atoms. The van der Waals surface area contributed by atoms with E-state index in [0.29, 0.717) is 5.92 Å². The second-order valence-electron chi connectivity index (χ2n) is 5.48. The summed E-state index contributed by atoms with van der Waals surface area (Å²) >= 11 is 1.78. The molecule has 0 unspecified atom stereocenters. The van der Waals surface area contributed by atoms with Crippen LogP contribution in [0.25, 0.3) is 0 Å². The smallest absolute Gasteiger partial charge is 0.0987 e. The molecule has 0 amide bonds. The molecule has 1 aromatic heterocycles. The summed E-state index contributed by atoms with van der Waals surface area (Å²) in [4.78, 5) is 1.30. The fourth-order valence-electron chi connectivity index (χ4n) is 2.04. The molecule has 2 rings (SSSR count). The highest BCUT2D eigenvalue weighted by Gasteiger charge is 2.08. The van der Waals surface area contributed by atoms with Crippen LogP contribution in [0.3, 0.4) is 0 Å². The number of aryl methyl sites for hydroxylation is 2. The molecule has 2 aromatic rings. The van der Waals surface area contributed by atoms with Gasteiger partial charge in [0, 0.05) is 18.5 Å². The second kappa shape index (κ2) is 6.95. The highest BCUT2D eigenvalue weighted by Crippen LogP contribution is 2.30. The van der Waals surface area contributed by atoms with Gasteiger partial charge in [-0.15, -0.1) is 0 Å². The van der Waals surface area contributed by atoms with Crippen molar-refractivity contribution in [2.75, 3.05) is 6.54 Å². The van der Waals surface area contributed by atoms with Crippen molar-refractivity contribution in [2.24, 2.45) is 13.0 Å². The Balaban J connectivity index is 2.09. The minimum Gasteiger partial charge on any atom is -0.312 e. The van der Waals surface area contributed by atoms with E-state index in [4.69, 9.17) is 0 Å². The van der Waals surface area contributed by atoms with Crippen LogP contribution in [-0.2, 0) is 13.6 Å². The van der Waals surface area contributed by atoms with Crippen LogP contribution in [0.15, 0.2) is 40.3 Å². The van der Waals surface area contributed by atoms with Gasteiger partial charge in [0.25, 0.3) is 0 Å². The maximum atomic E-state index is 4.40. The fraction of sp³-hybridized carbons (Fsp3) is 0.438. The lowest BCUT2D eigenvalue weighted by Gasteiger charge is -2.11. The third-order valence-electron chi connectivity index (χ3n) is 3.01. The van der Waals surface area contributed by atoms with Gasteiger partial charge >= 0.3 is 0 Å². The lowest BCUT2D eigenvalue weighted by atomic mass is 10.2. The molecular weight excluding hydrogens is 266 g/mol. The number of rotatable bonds is 6. The van der Waals surface area contributed by atoms with Crippen LogP contribution < -0.4 is 5.32 Å². The van der Waals surface area contributed by atoms with E-state index in [2.05, 4.69) is 54.6 Å². The van der Waals surface area contributed by atoms with Crippen LogP contribution in [-0.4, -0.2) is 16.3 Å².